The third kappa shape index (κ3) is 7.35. The highest BCUT2D eigenvalue weighted by Gasteiger charge is 2.31. The van der Waals surface area contributed by atoms with Gasteiger partial charge < -0.3 is 20.3 Å². The molecule has 176 valence electrons. The van der Waals surface area contributed by atoms with Gasteiger partial charge in [-0.25, -0.2) is 4.98 Å². The molecule has 0 atom stereocenters. The van der Waals surface area contributed by atoms with Crippen LogP contribution in [0.5, 0.6) is 5.75 Å². The molecule has 0 aliphatic heterocycles. The summed E-state index contributed by atoms with van der Waals surface area (Å²) in [6.07, 6.45) is -3.88. The van der Waals surface area contributed by atoms with E-state index in [1.807, 2.05) is 46.1 Å². The molecule has 0 saturated carbocycles. The number of alkyl halides is 3. The lowest BCUT2D eigenvalue weighted by atomic mass is 10.1. The zero-order valence-corrected chi connectivity index (χ0v) is 19.1. The van der Waals surface area contributed by atoms with Crippen molar-refractivity contribution >= 4 is 17.5 Å². The number of hydrogen-bond acceptors (Lipinski definition) is 6. The zero-order chi connectivity index (χ0) is 24.0. The van der Waals surface area contributed by atoms with E-state index < -0.39 is 6.36 Å². The fourth-order valence-electron chi connectivity index (χ4n) is 3.21. The van der Waals surface area contributed by atoms with Gasteiger partial charge in [0.1, 0.15) is 11.6 Å². The first-order chi connectivity index (χ1) is 15.6. The summed E-state index contributed by atoms with van der Waals surface area (Å²) in [6, 6.07) is 13.4. The molecule has 3 aromatic rings. The highest BCUT2D eigenvalue weighted by molar-refractivity contribution is 5.69. The second kappa shape index (κ2) is 10.5. The molecule has 0 fully saturated rings. The molecule has 9 heteroatoms. The molecule has 0 bridgehead atoms. The minimum Gasteiger partial charge on any atom is -0.406 e. The van der Waals surface area contributed by atoms with Crippen LogP contribution in [0.3, 0.4) is 0 Å². The number of ether oxygens (including phenoxy) is 1. The number of nitrogens with one attached hydrogen (secondary N) is 2. The highest BCUT2D eigenvalue weighted by atomic mass is 19.4. The van der Waals surface area contributed by atoms with Crippen LogP contribution in [-0.4, -0.2) is 48.4 Å². The average Bonchev–Trinajstić information content (AvgIpc) is 2.73. The number of benzene rings is 2. The third-order valence-corrected chi connectivity index (χ3v) is 5.02. The molecule has 0 unspecified atom stereocenters. The first-order valence-corrected chi connectivity index (χ1v) is 10.6. The SMILES string of the molecule is Cc1cccc(Nc2cc(-c3cccc(OC(F)(F)F)c3)nc(NCCCN(C)C)n2)c1C. The Morgan fingerprint density at radius 2 is 1.76 bits per heavy atom. The smallest absolute Gasteiger partial charge is 0.406 e. The van der Waals surface area contributed by atoms with Gasteiger partial charge in [-0.2, -0.15) is 4.98 Å². The topological polar surface area (TPSA) is 62.3 Å². The summed E-state index contributed by atoms with van der Waals surface area (Å²) in [5.74, 6) is 0.621. The van der Waals surface area contributed by atoms with Crippen LogP contribution in [0.1, 0.15) is 17.5 Å². The van der Waals surface area contributed by atoms with Gasteiger partial charge in [0.05, 0.1) is 5.69 Å². The van der Waals surface area contributed by atoms with Crippen molar-refractivity contribution in [2.75, 3.05) is 37.8 Å². The monoisotopic (exact) mass is 459 g/mol. The summed E-state index contributed by atoms with van der Waals surface area (Å²) >= 11 is 0. The second-order valence-electron chi connectivity index (χ2n) is 7.99. The zero-order valence-electron chi connectivity index (χ0n) is 19.1. The van der Waals surface area contributed by atoms with Crippen LogP contribution in [0.4, 0.5) is 30.6 Å². The lowest BCUT2D eigenvalue weighted by molar-refractivity contribution is -0.274. The van der Waals surface area contributed by atoms with E-state index in [1.54, 1.807) is 12.1 Å². The van der Waals surface area contributed by atoms with Gasteiger partial charge in [0.15, 0.2) is 0 Å². The van der Waals surface area contributed by atoms with Gasteiger partial charge in [0.25, 0.3) is 0 Å². The number of anilines is 3. The van der Waals surface area contributed by atoms with Gasteiger partial charge in [-0.3, -0.25) is 0 Å². The Labute approximate surface area is 191 Å². The predicted molar refractivity (Wildman–Crippen MR) is 125 cm³/mol. The lowest BCUT2D eigenvalue weighted by Crippen LogP contribution is -2.17. The molecule has 6 nitrogen and oxygen atoms in total. The van der Waals surface area contributed by atoms with Gasteiger partial charge in [-0.15, -0.1) is 13.2 Å². The van der Waals surface area contributed by atoms with Gasteiger partial charge in [-0.1, -0.05) is 24.3 Å². The summed E-state index contributed by atoms with van der Waals surface area (Å²) in [4.78, 5) is 11.2. The van der Waals surface area contributed by atoms with E-state index in [0.29, 0.717) is 29.6 Å². The van der Waals surface area contributed by atoms with E-state index in [9.17, 15) is 13.2 Å². The first-order valence-electron chi connectivity index (χ1n) is 10.6. The Balaban J connectivity index is 1.93. The van der Waals surface area contributed by atoms with Crippen molar-refractivity contribution in [3.63, 3.8) is 0 Å². The van der Waals surface area contributed by atoms with Crippen molar-refractivity contribution < 1.29 is 17.9 Å². The maximum absolute atomic E-state index is 12.7. The van der Waals surface area contributed by atoms with Gasteiger partial charge in [0.2, 0.25) is 5.95 Å². The Kier molecular flexibility index (Phi) is 7.75. The van der Waals surface area contributed by atoms with Crippen molar-refractivity contribution in [2.45, 2.75) is 26.6 Å². The van der Waals surface area contributed by atoms with E-state index in [-0.39, 0.29) is 5.75 Å². The molecular formula is C24H28F3N5O. The molecule has 33 heavy (non-hydrogen) atoms. The van der Waals surface area contributed by atoms with E-state index >= 15 is 0 Å². The maximum Gasteiger partial charge on any atom is 0.573 e. The normalized spacial score (nSPS) is 11.5. The largest absolute Gasteiger partial charge is 0.573 e. The lowest BCUT2D eigenvalue weighted by Gasteiger charge is -2.15. The van der Waals surface area contributed by atoms with Crippen LogP contribution < -0.4 is 15.4 Å². The van der Waals surface area contributed by atoms with E-state index in [1.165, 1.54) is 18.2 Å². The standard InChI is InChI=1S/C24H28F3N5O/c1-16-8-5-11-20(17(16)2)29-22-15-21(30-23(31-22)28-12-7-13-32(3)4)18-9-6-10-19(14-18)33-24(25,26)27/h5-6,8-11,14-15H,7,12-13H2,1-4H3,(H2,28,29,30,31). The van der Waals surface area contributed by atoms with Crippen molar-refractivity contribution in [2.24, 2.45) is 0 Å². The number of rotatable bonds is 9. The van der Waals surface area contributed by atoms with Crippen molar-refractivity contribution in [1.82, 2.24) is 14.9 Å². The molecule has 0 aliphatic carbocycles. The number of nitrogens with zero attached hydrogens (tertiary/aromatic N) is 3. The number of halogens is 3. The molecule has 0 saturated heterocycles. The third-order valence-electron chi connectivity index (χ3n) is 5.02. The van der Waals surface area contributed by atoms with E-state index in [2.05, 4.69) is 30.2 Å². The van der Waals surface area contributed by atoms with Crippen LogP contribution in [0, 0.1) is 13.8 Å². The van der Waals surface area contributed by atoms with Gasteiger partial charge >= 0.3 is 6.36 Å². The fourth-order valence-corrected chi connectivity index (χ4v) is 3.21. The summed E-state index contributed by atoms with van der Waals surface area (Å²) in [5.41, 5.74) is 4.07. The molecule has 1 aromatic heterocycles. The summed E-state index contributed by atoms with van der Waals surface area (Å²) in [5, 5.41) is 6.53. The van der Waals surface area contributed by atoms with Crippen molar-refractivity contribution in [1.29, 1.82) is 0 Å². The molecule has 2 aromatic carbocycles. The quantitative estimate of drug-likeness (QED) is 0.397. The van der Waals surface area contributed by atoms with Gasteiger partial charge in [0, 0.05) is 23.9 Å². The fraction of sp³-hybridized carbons (Fsp3) is 0.333. The summed E-state index contributed by atoms with van der Waals surface area (Å²) in [6.45, 7) is 5.59. The minimum absolute atomic E-state index is 0.303. The highest BCUT2D eigenvalue weighted by Crippen LogP contribution is 2.30. The average molecular weight is 460 g/mol. The summed E-state index contributed by atoms with van der Waals surface area (Å²) < 4.78 is 42.1. The second-order valence-corrected chi connectivity index (χ2v) is 7.99. The predicted octanol–water partition coefficient (Wildman–Crippen LogP) is 5.77. The molecule has 0 aliphatic rings. The van der Waals surface area contributed by atoms with Gasteiger partial charge in [-0.05, 0) is 70.2 Å². The van der Waals surface area contributed by atoms with E-state index in [4.69, 9.17) is 0 Å². The minimum atomic E-state index is -4.77. The Bertz CT molecular complexity index is 1090. The van der Waals surface area contributed by atoms with Crippen LogP contribution in [0.25, 0.3) is 11.3 Å². The van der Waals surface area contributed by atoms with Crippen LogP contribution in [-0.2, 0) is 0 Å². The van der Waals surface area contributed by atoms with Crippen molar-refractivity contribution in [3.05, 3.63) is 59.7 Å². The Hall–Kier alpha value is -3.33. The maximum atomic E-state index is 12.7. The Morgan fingerprint density at radius 1 is 1.00 bits per heavy atom. The molecular weight excluding hydrogens is 431 g/mol. The molecule has 0 amide bonds. The van der Waals surface area contributed by atoms with Crippen LogP contribution >= 0.6 is 0 Å². The molecule has 3 rings (SSSR count). The molecule has 1 heterocycles. The van der Waals surface area contributed by atoms with E-state index in [0.717, 1.165) is 29.8 Å². The number of aryl methyl sites for hydroxylation is 1. The first kappa shape index (κ1) is 24.3. The summed E-state index contributed by atoms with van der Waals surface area (Å²) in [7, 11) is 4.00. The molecule has 2 N–H and O–H groups in total. The van der Waals surface area contributed by atoms with Crippen LogP contribution in [0.2, 0.25) is 0 Å². The van der Waals surface area contributed by atoms with Crippen molar-refractivity contribution in [3.8, 4) is 17.0 Å². The molecule has 0 radical (unpaired) electrons. The molecule has 0 spiro atoms. The number of hydrogen-bond donors (Lipinski definition) is 2. The number of aromatic nitrogens is 2. The Morgan fingerprint density at radius 3 is 2.48 bits per heavy atom. The van der Waals surface area contributed by atoms with Crippen LogP contribution in [0.15, 0.2) is 48.5 Å².